The van der Waals surface area contributed by atoms with Gasteiger partial charge in [-0.1, -0.05) is 18.2 Å². The standard InChI is InChI=1S/C15H22N2O3/c1-16-7-9-17(10-8-16)15(19)12-20-14-5-3-2-4-13(14)6-11-18/h2-5,18H,6-12H2,1H3. The van der Waals surface area contributed by atoms with Crippen molar-refractivity contribution in [1.82, 2.24) is 9.80 Å². The average Bonchev–Trinajstić information content (AvgIpc) is 2.47. The molecule has 0 aliphatic carbocycles. The van der Waals surface area contributed by atoms with Gasteiger partial charge in [-0.2, -0.15) is 0 Å². The molecule has 5 heteroatoms. The fraction of sp³-hybridized carbons (Fsp3) is 0.533. The van der Waals surface area contributed by atoms with Crippen molar-refractivity contribution in [1.29, 1.82) is 0 Å². The Hall–Kier alpha value is -1.59. The summed E-state index contributed by atoms with van der Waals surface area (Å²) < 4.78 is 5.62. The first-order valence-electron chi connectivity index (χ1n) is 6.98. The third-order valence-corrected chi connectivity index (χ3v) is 3.56. The number of aliphatic hydroxyl groups is 1. The Balaban J connectivity index is 1.87. The summed E-state index contributed by atoms with van der Waals surface area (Å²) in [6.45, 7) is 3.48. The molecule has 0 radical (unpaired) electrons. The zero-order chi connectivity index (χ0) is 14.4. The van der Waals surface area contributed by atoms with Crippen LogP contribution in [-0.4, -0.2) is 67.3 Å². The molecular formula is C15H22N2O3. The van der Waals surface area contributed by atoms with Gasteiger partial charge in [0.2, 0.25) is 0 Å². The van der Waals surface area contributed by atoms with Gasteiger partial charge in [-0.05, 0) is 25.1 Å². The summed E-state index contributed by atoms with van der Waals surface area (Å²) in [5.74, 6) is 0.709. The molecule has 2 rings (SSSR count). The minimum absolute atomic E-state index is 0.0249. The molecule has 1 fully saturated rings. The third-order valence-electron chi connectivity index (χ3n) is 3.56. The summed E-state index contributed by atoms with van der Waals surface area (Å²) in [5.41, 5.74) is 0.932. The number of piperazine rings is 1. The summed E-state index contributed by atoms with van der Waals surface area (Å²) >= 11 is 0. The largest absolute Gasteiger partial charge is 0.483 e. The van der Waals surface area contributed by atoms with Gasteiger partial charge in [0.05, 0.1) is 0 Å². The van der Waals surface area contributed by atoms with Gasteiger partial charge in [0.25, 0.3) is 5.91 Å². The van der Waals surface area contributed by atoms with E-state index in [4.69, 9.17) is 9.84 Å². The van der Waals surface area contributed by atoms with Crippen molar-refractivity contribution in [2.45, 2.75) is 6.42 Å². The second kappa shape index (κ2) is 7.26. The minimum Gasteiger partial charge on any atom is -0.483 e. The van der Waals surface area contributed by atoms with E-state index in [0.717, 1.165) is 31.7 Å². The lowest BCUT2D eigenvalue weighted by atomic mass is 10.1. The monoisotopic (exact) mass is 278 g/mol. The molecular weight excluding hydrogens is 256 g/mol. The molecule has 1 amide bonds. The number of nitrogens with zero attached hydrogens (tertiary/aromatic N) is 2. The molecule has 1 aliphatic rings. The molecule has 1 saturated heterocycles. The SMILES string of the molecule is CN1CCN(C(=O)COc2ccccc2CCO)CC1. The fourth-order valence-corrected chi connectivity index (χ4v) is 2.26. The molecule has 0 atom stereocenters. The van der Waals surface area contributed by atoms with Crippen LogP contribution in [0.1, 0.15) is 5.56 Å². The molecule has 0 saturated carbocycles. The van der Waals surface area contributed by atoms with Crippen molar-refractivity contribution in [2.24, 2.45) is 0 Å². The van der Waals surface area contributed by atoms with Crippen LogP contribution in [0.25, 0.3) is 0 Å². The van der Waals surface area contributed by atoms with Crippen molar-refractivity contribution in [3.63, 3.8) is 0 Å². The highest BCUT2D eigenvalue weighted by atomic mass is 16.5. The van der Waals surface area contributed by atoms with E-state index in [-0.39, 0.29) is 19.1 Å². The molecule has 1 N–H and O–H groups in total. The van der Waals surface area contributed by atoms with Crippen LogP contribution in [0, 0.1) is 0 Å². The highest BCUT2D eigenvalue weighted by molar-refractivity contribution is 5.78. The van der Waals surface area contributed by atoms with Crippen LogP contribution in [0.15, 0.2) is 24.3 Å². The Bertz CT molecular complexity index is 442. The lowest BCUT2D eigenvalue weighted by Gasteiger charge is -2.32. The third kappa shape index (κ3) is 3.95. The van der Waals surface area contributed by atoms with Crippen LogP contribution < -0.4 is 4.74 Å². The number of amides is 1. The average molecular weight is 278 g/mol. The molecule has 1 aromatic carbocycles. The van der Waals surface area contributed by atoms with Gasteiger partial charge in [0.15, 0.2) is 6.61 Å². The van der Waals surface area contributed by atoms with E-state index in [2.05, 4.69) is 11.9 Å². The normalized spacial score (nSPS) is 16.2. The summed E-state index contributed by atoms with van der Waals surface area (Å²) in [6.07, 6.45) is 0.541. The molecule has 5 nitrogen and oxygen atoms in total. The number of rotatable bonds is 5. The topological polar surface area (TPSA) is 53.0 Å². The zero-order valence-corrected chi connectivity index (χ0v) is 11.9. The Morgan fingerprint density at radius 3 is 2.65 bits per heavy atom. The molecule has 0 bridgehead atoms. The van der Waals surface area contributed by atoms with Gasteiger partial charge in [-0.3, -0.25) is 4.79 Å². The van der Waals surface area contributed by atoms with Crippen LogP contribution in [0.2, 0.25) is 0 Å². The maximum atomic E-state index is 12.1. The predicted molar refractivity (Wildman–Crippen MR) is 76.8 cm³/mol. The maximum Gasteiger partial charge on any atom is 0.260 e. The van der Waals surface area contributed by atoms with Crippen LogP contribution >= 0.6 is 0 Å². The molecule has 1 aromatic rings. The van der Waals surface area contributed by atoms with Gasteiger partial charge in [0, 0.05) is 32.8 Å². The highest BCUT2D eigenvalue weighted by Crippen LogP contribution is 2.18. The number of para-hydroxylation sites is 1. The van der Waals surface area contributed by atoms with Gasteiger partial charge in [0.1, 0.15) is 5.75 Å². The van der Waals surface area contributed by atoms with E-state index in [1.165, 1.54) is 0 Å². The van der Waals surface area contributed by atoms with Crippen LogP contribution in [-0.2, 0) is 11.2 Å². The van der Waals surface area contributed by atoms with E-state index in [1.807, 2.05) is 29.2 Å². The Kier molecular flexibility index (Phi) is 5.38. The van der Waals surface area contributed by atoms with Crippen LogP contribution in [0.3, 0.4) is 0 Å². The molecule has 0 unspecified atom stereocenters. The van der Waals surface area contributed by atoms with Crippen molar-refractivity contribution >= 4 is 5.91 Å². The molecule has 20 heavy (non-hydrogen) atoms. The zero-order valence-electron chi connectivity index (χ0n) is 11.9. The number of hydrogen-bond donors (Lipinski definition) is 1. The lowest BCUT2D eigenvalue weighted by molar-refractivity contribution is -0.134. The fourth-order valence-electron chi connectivity index (χ4n) is 2.26. The Morgan fingerprint density at radius 1 is 1.25 bits per heavy atom. The van der Waals surface area contributed by atoms with E-state index in [9.17, 15) is 4.79 Å². The maximum absolute atomic E-state index is 12.1. The van der Waals surface area contributed by atoms with E-state index < -0.39 is 0 Å². The van der Waals surface area contributed by atoms with Gasteiger partial charge >= 0.3 is 0 Å². The first-order valence-corrected chi connectivity index (χ1v) is 6.98. The number of aliphatic hydroxyl groups excluding tert-OH is 1. The molecule has 1 heterocycles. The highest BCUT2D eigenvalue weighted by Gasteiger charge is 2.19. The summed E-state index contributed by atoms with van der Waals surface area (Å²) in [5, 5.41) is 9.01. The minimum atomic E-state index is 0.0249. The van der Waals surface area contributed by atoms with E-state index >= 15 is 0 Å². The number of ether oxygens (including phenoxy) is 1. The smallest absolute Gasteiger partial charge is 0.260 e. The lowest BCUT2D eigenvalue weighted by Crippen LogP contribution is -2.48. The quantitative estimate of drug-likeness (QED) is 0.846. The number of benzene rings is 1. The number of hydrogen-bond acceptors (Lipinski definition) is 4. The molecule has 110 valence electrons. The number of carbonyl (C=O) groups excluding carboxylic acids is 1. The Morgan fingerprint density at radius 2 is 1.95 bits per heavy atom. The van der Waals surface area contributed by atoms with Crippen LogP contribution in [0.4, 0.5) is 0 Å². The first-order chi connectivity index (χ1) is 9.70. The number of carbonyl (C=O) groups is 1. The Labute approximate surface area is 119 Å². The van der Waals surface area contributed by atoms with E-state index in [1.54, 1.807) is 0 Å². The van der Waals surface area contributed by atoms with Crippen molar-refractivity contribution in [3.05, 3.63) is 29.8 Å². The predicted octanol–water partition coefficient (Wildman–Crippen LogP) is 0.374. The van der Waals surface area contributed by atoms with E-state index in [0.29, 0.717) is 12.2 Å². The second-order valence-electron chi connectivity index (χ2n) is 5.05. The van der Waals surface area contributed by atoms with Crippen molar-refractivity contribution in [3.8, 4) is 5.75 Å². The first kappa shape index (κ1) is 14.8. The summed E-state index contributed by atoms with van der Waals surface area (Å²) in [7, 11) is 2.06. The molecule has 0 aromatic heterocycles. The van der Waals surface area contributed by atoms with Gasteiger partial charge < -0.3 is 19.6 Å². The summed E-state index contributed by atoms with van der Waals surface area (Å²) in [6, 6.07) is 7.52. The van der Waals surface area contributed by atoms with Gasteiger partial charge in [-0.15, -0.1) is 0 Å². The number of likely N-dealkylation sites (N-methyl/N-ethyl adjacent to an activating group) is 1. The van der Waals surface area contributed by atoms with Crippen molar-refractivity contribution in [2.75, 3.05) is 46.4 Å². The van der Waals surface area contributed by atoms with Crippen LogP contribution in [0.5, 0.6) is 5.75 Å². The molecule has 0 spiro atoms. The molecule has 1 aliphatic heterocycles. The second-order valence-corrected chi connectivity index (χ2v) is 5.05. The van der Waals surface area contributed by atoms with Gasteiger partial charge in [-0.25, -0.2) is 0 Å². The summed E-state index contributed by atoms with van der Waals surface area (Å²) in [4.78, 5) is 16.1. The van der Waals surface area contributed by atoms with Crippen molar-refractivity contribution < 1.29 is 14.6 Å².